The Hall–Kier alpha value is -0.260. The molecule has 0 aromatic heterocycles. The summed E-state index contributed by atoms with van der Waals surface area (Å²) in [6.45, 7) is 3.65. The fourth-order valence-corrected chi connectivity index (χ4v) is 2.59. The van der Waals surface area contributed by atoms with Crippen LogP contribution in [-0.4, -0.2) is 33.7 Å². The molecule has 3 atom stereocenters. The molecule has 0 spiro atoms. The Morgan fingerprint density at radius 2 is 2.13 bits per heavy atom. The van der Waals surface area contributed by atoms with E-state index in [0.717, 1.165) is 12.8 Å². The van der Waals surface area contributed by atoms with Crippen LogP contribution in [0.15, 0.2) is 0 Å². The molecule has 0 saturated heterocycles. The van der Waals surface area contributed by atoms with E-state index in [2.05, 4.69) is 0 Å². The van der Waals surface area contributed by atoms with Gasteiger partial charge in [0.05, 0.1) is 6.10 Å². The number of nitrogens with two attached hydrogens (primary N) is 2. The Morgan fingerprint density at radius 3 is 2.47 bits per heavy atom. The van der Waals surface area contributed by atoms with E-state index in [0.29, 0.717) is 5.75 Å². The van der Waals surface area contributed by atoms with Gasteiger partial charge in [-0.3, -0.25) is 4.79 Å². The van der Waals surface area contributed by atoms with Crippen LogP contribution in [0.1, 0.15) is 26.7 Å². The van der Waals surface area contributed by atoms with Crippen LogP contribution in [0.5, 0.6) is 0 Å². The van der Waals surface area contributed by atoms with Gasteiger partial charge < -0.3 is 16.6 Å². The molecule has 0 aromatic carbocycles. The lowest BCUT2D eigenvalue weighted by Crippen LogP contribution is -2.56. The summed E-state index contributed by atoms with van der Waals surface area (Å²) in [6.07, 6.45) is 1.58. The van der Waals surface area contributed by atoms with Gasteiger partial charge in [-0.25, -0.2) is 0 Å². The number of primary amides is 1. The molecule has 5 N–H and O–H groups in total. The van der Waals surface area contributed by atoms with Gasteiger partial charge in [0.25, 0.3) is 0 Å². The molecule has 1 amide bonds. The minimum Gasteiger partial charge on any atom is -0.392 e. The van der Waals surface area contributed by atoms with Crippen molar-refractivity contribution in [3.8, 4) is 0 Å². The molecule has 0 aromatic rings. The molecular formula is C10H20N2O2S. The third kappa shape index (κ3) is 3.09. The molecule has 1 saturated carbocycles. The van der Waals surface area contributed by atoms with E-state index in [-0.39, 0.29) is 11.2 Å². The highest BCUT2D eigenvalue weighted by Crippen LogP contribution is 2.40. The number of amides is 1. The minimum absolute atomic E-state index is 0.0750. The molecule has 0 radical (unpaired) electrons. The number of aliphatic hydroxyl groups excluding tert-OH is 1. The predicted octanol–water partition coefficient (Wildman–Crippen LogP) is 0.0817. The van der Waals surface area contributed by atoms with Crippen molar-refractivity contribution < 1.29 is 9.90 Å². The van der Waals surface area contributed by atoms with Crippen molar-refractivity contribution in [2.75, 3.05) is 5.75 Å². The Labute approximate surface area is 94.8 Å². The van der Waals surface area contributed by atoms with Gasteiger partial charge in [-0.15, -0.1) is 0 Å². The molecule has 1 fully saturated rings. The van der Waals surface area contributed by atoms with Crippen LogP contribution in [0.2, 0.25) is 0 Å². The number of hydrogen-bond donors (Lipinski definition) is 3. The SMILES string of the molecule is CC(O)C(C)SCC(N)(C(N)=O)C1CC1. The van der Waals surface area contributed by atoms with Crippen molar-refractivity contribution in [2.24, 2.45) is 17.4 Å². The van der Waals surface area contributed by atoms with Crippen molar-refractivity contribution >= 4 is 17.7 Å². The summed E-state index contributed by atoms with van der Waals surface area (Å²) in [6, 6.07) is 0. The molecule has 1 rings (SSSR count). The number of hydrogen-bond acceptors (Lipinski definition) is 4. The lowest BCUT2D eigenvalue weighted by atomic mass is 9.96. The number of rotatable bonds is 6. The van der Waals surface area contributed by atoms with E-state index in [1.54, 1.807) is 6.92 Å². The third-order valence-electron chi connectivity index (χ3n) is 3.03. The average molecular weight is 232 g/mol. The van der Waals surface area contributed by atoms with Gasteiger partial charge in [-0.1, -0.05) is 6.92 Å². The zero-order valence-corrected chi connectivity index (χ0v) is 10.1. The summed E-state index contributed by atoms with van der Waals surface area (Å²) < 4.78 is 0. The lowest BCUT2D eigenvalue weighted by molar-refractivity contribution is -0.123. The van der Waals surface area contributed by atoms with Gasteiger partial charge in [0, 0.05) is 11.0 Å². The second kappa shape index (κ2) is 4.72. The first-order valence-electron chi connectivity index (χ1n) is 5.26. The zero-order valence-electron chi connectivity index (χ0n) is 9.27. The summed E-state index contributed by atoms with van der Waals surface area (Å²) in [5, 5.41) is 9.41. The summed E-state index contributed by atoms with van der Waals surface area (Å²) in [5.41, 5.74) is 10.5. The van der Waals surface area contributed by atoms with Crippen LogP contribution in [-0.2, 0) is 4.79 Å². The standard InChI is InChI=1S/C10H20N2O2S/c1-6(13)7(2)15-5-10(12,9(11)14)8-3-4-8/h6-8,13H,3-5,12H2,1-2H3,(H2,11,14). The highest BCUT2D eigenvalue weighted by Gasteiger charge is 2.46. The Balaban J connectivity index is 2.49. The van der Waals surface area contributed by atoms with E-state index in [4.69, 9.17) is 11.5 Å². The molecule has 88 valence electrons. The summed E-state index contributed by atoms with van der Waals surface area (Å²) in [5.74, 6) is 0.318. The van der Waals surface area contributed by atoms with Crippen LogP contribution in [0.25, 0.3) is 0 Å². The van der Waals surface area contributed by atoms with E-state index in [1.165, 1.54) is 11.8 Å². The summed E-state index contributed by atoms with van der Waals surface area (Å²) in [4.78, 5) is 11.3. The van der Waals surface area contributed by atoms with E-state index in [9.17, 15) is 9.90 Å². The normalized spacial score (nSPS) is 24.3. The van der Waals surface area contributed by atoms with Gasteiger partial charge in [-0.2, -0.15) is 11.8 Å². The highest BCUT2D eigenvalue weighted by molar-refractivity contribution is 8.00. The van der Waals surface area contributed by atoms with Crippen molar-refractivity contribution in [3.63, 3.8) is 0 Å². The van der Waals surface area contributed by atoms with Gasteiger partial charge >= 0.3 is 0 Å². The maximum absolute atomic E-state index is 11.3. The topological polar surface area (TPSA) is 89.3 Å². The van der Waals surface area contributed by atoms with Crippen molar-refractivity contribution in [1.29, 1.82) is 0 Å². The van der Waals surface area contributed by atoms with Crippen LogP contribution in [0.3, 0.4) is 0 Å². The number of thioether (sulfide) groups is 1. The van der Waals surface area contributed by atoms with Crippen LogP contribution < -0.4 is 11.5 Å². The van der Waals surface area contributed by atoms with Crippen LogP contribution in [0, 0.1) is 5.92 Å². The molecule has 3 unspecified atom stereocenters. The van der Waals surface area contributed by atoms with Crippen molar-refractivity contribution in [1.82, 2.24) is 0 Å². The maximum atomic E-state index is 11.3. The number of carbonyl (C=O) groups excluding carboxylic acids is 1. The number of carbonyl (C=O) groups is 1. The Morgan fingerprint density at radius 1 is 1.60 bits per heavy atom. The fraction of sp³-hybridized carbons (Fsp3) is 0.900. The molecule has 0 heterocycles. The second-order valence-electron chi connectivity index (χ2n) is 4.44. The first-order chi connectivity index (χ1) is 6.88. The van der Waals surface area contributed by atoms with Gasteiger partial charge in [0.15, 0.2) is 0 Å². The lowest BCUT2D eigenvalue weighted by Gasteiger charge is -2.27. The molecule has 15 heavy (non-hydrogen) atoms. The maximum Gasteiger partial charge on any atom is 0.238 e. The number of aliphatic hydroxyl groups is 1. The molecule has 0 bridgehead atoms. The zero-order chi connectivity index (χ0) is 11.6. The van der Waals surface area contributed by atoms with E-state index >= 15 is 0 Å². The van der Waals surface area contributed by atoms with Crippen molar-refractivity contribution in [3.05, 3.63) is 0 Å². The summed E-state index contributed by atoms with van der Waals surface area (Å²) in [7, 11) is 0. The van der Waals surface area contributed by atoms with Gasteiger partial charge in [0.2, 0.25) is 5.91 Å². The largest absolute Gasteiger partial charge is 0.392 e. The Bertz CT molecular complexity index is 244. The van der Waals surface area contributed by atoms with E-state index in [1.807, 2.05) is 6.92 Å². The van der Waals surface area contributed by atoms with E-state index < -0.39 is 17.6 Å². The highest BCUT2D eigenvalue weighted by atomic mass is 32.2. The van der Waals surface area contributed by atoms with Crippen molar-refractivity contribution in [2.45, 2.75) is 43.6 Å². The molecule has 4 nitrogen and oxygen atoms in total. The average Bonchev–Trinajstić information content (AvgIpc) is 2.96. The predicted molar refractivity (Wildman–Crippen MR) is 62.4 cm³/mol. The third-order valence-corrected chi connectivity index (χ3v) is 4.59. The quantitative estimate of drug-likeness (QED) is 0.605. The first-order valence-corrected chi connectivity index (χ1v) is 6.31. The molecule has 5 heteroatoms. The summed E-state index contributed by atoms with van der Waals surface area (Å²) >= 11 is 1.51. The molecule has 1 aliphatic carbocycles. The van der Waals surface area contributed by atoms with Gasteiger partial charge in [0.1, 0.15) is 5.54 Å². The molecular weight excluding hydrogens is 212 g/mol. The first kappa shape index (κ1) is 12.8. The fourth-order valence-electron chi connectivity index (χ4n) is 1.40. The monoisotopic (exact) mass is 232 g/mol. The van der Waals surface area contributed by atoms with Gasteiger partial charge in [-0.05, 0) is 25.7 Å². The van der Waals surface area contributed by atoms with Crippen LogP contribution in [0.4, 0.5) is 0 Å². The van der Waals surface area contributed by atoms with Crippen LogP contribution >= 0.6 is 11.8 Å². The Kier molecular flexibility index (Phi) is 4.03. The second-order valence-corrected chi connectivity index (χ2v) is 5.80. The molecule has 0 aliphatic heterocycles. The minimum atomic E-state index is -0.881. The molecule has 1 aliphatic rings. The smallest absolute Gasteiger partial charge is 0.238 e.